The third-order valence-electron chi connectivity index (χ3n) is 5.37. The number of nitriles is 1. The van der Waals surface area contributed by atoms with Gasteiger partial charge in [0.2, 0.25) is 0 Å². The Kier molecular flexibility index (Phi) is 5.26. The molecule has 4 aromatic rings. The minimum Gasteiger partial charge on any atom is -0.301 e. The van der Waals surface area contributed by atoms with Gasteiger partial charge in [0.15, 0.2) is 5.16 Å². The van der Waals surface area contributed by atoms with Gasteiger partial charge >= 0.3 is 0 Å². The van der Waals surface area contributed by atoms with Crippen LogP contribution in [-0.2, 0) is 18.8 Å². The van der Waals surface area contributed by atoms with Crippen LogP contribution in [0.15, 0.2) is 64.5 Å². The molecule has 1 fully saturated rings. The predicted octanol–water partition coefficient (Wildman–Crippen LogP) is 3.73. The summed E-state index contributed by atoms with van der Waals surface area (Å²) in [6.07, 6.45) is 2.29. The highest BCUT2D eigenvalue weighted by molar-refractivity contribution is 7.98. The average Bonchev–Trinajstić information content (AvgIpc) is 3.57. The number of benzene rings is 2. The van der Waals surface area contributed by atoms with Gasteiger partial charge in [-0.15, -0.1) is 10.2 Å². The second kappa shape index (κ2) is 8.36. The van der Waals surface area contributed by atoms with Gasteiger partial charge < -0.3 is 4.57 Å². The van der Waals surface area contributed by atoms with Crippen LogP contribution < -0.4 is 5.56 Å². The molecule has 5 rings (SSSR count). The van der Waals surface area contributed by atoms with Crippen LogP contribution in [0, 0.1) is 11.3 Å². The van der Waals surface area contributed by atoms with Crippen LogP contribution in [-0.4, -0.2) is 24.3 Å². The first kappa shape index (κ1) is 19.5. The molecule has 1 aliphatic carbocycles. The van der Waals surface area contributed by atoms with E-state index >= 15 is 0 Å². The van der Waals surface area contributed by atoms with Crippen molar-refractivity contribution >= 4 is 22.7 Å². The second-order valence-corrected chi connectivity index (χ2v) is 8.51. The van der Waals surface area contributed by atoms with Crippen molar-refractivity contribution in [3.05, 3.63) is 82.2 Å². The van der Waals surface area contributed by atoms with Gasteiger partial charge in [-0.2, -0.15) is 5.26 Å². The van der Waals surface area contributed by atoms with E-state index in [4.69, 9.17) is 0 Å². The lowest BCUT2D eigenvalue weighted by atomic mass is 10.2. The number of hydrogen-bond donors (Lipinski definition) is 0. The van der Waals surface area contributed by atoms with E-state index in [1.807, 2.05) is 36.4 Å². The largest absolute Gasteiger partial charge is 0.301 e. The average molecular weight is 429 g/mol. The molecule has 0 atom stereocenters. The van der Waals surface area contributed by atoms with Crippen LogP contribution in [0.2, 0.25) is 0 Å². The Morgan fingerprint density at radius 1 is 1.03 bits per heavy atom. The van der Waals surface area contributed by atoms with Crippen LogP contribution >= 0.6 is 11.8 Å². The predicted molar refractivity (Wildman–Crippen MR) is 119 cm³/mol. The SMILES string of the molecule is N#CCn1c(CSc2nnc(C3CC3)n2Cc2ccccc2)nc2ccccc2c1=O. The Labute approximate surface area is 183 Å². The van der Waals surface area contributed by atoms with Crippen LogP contribution in [0.1, 0.15) is 36.0 Å². The van der Waals surface area contributed by atoms with E-state index in [9.17, 15) is 10.1 Å². The van der Waals surface area contributed by atoms with E-state index in [2.05, 4.69) is 38.0 Å². The van der Waals surface area contributed by atoms with E-state index in [0.717, 1.165) is 23.8 Å². The molecule has 31 heavy (non-hydrogen) atoms. The minimum absolute atomic E-state index is 0.0312. The van der Waals surface area contributed by atoms with E-state index in [1.165, 1.54) is 21.9 Å². The Morgan fingerprint density at radius 2 is 1.81 bits per heavy atom. The molecule has 1 saturated carbocycles. The van der Waals surface area contributed by atoms with E-state index in [-0.39, 0.29) is 12.1 Å². The molecular formula is C23H20N6OS. The van der Waals surface area contributed by atoms with Gasteiger partial charge in [-0.25, -0.2) is 4.98 Å². The summed E-state index contributed by atoms with van der Waals surface area (Å²) in [5, 5.41) is 19.5. The molecule has 0 aliphatic heterocycles. The molecule has 0 bridgehead atoms. The number of aromatic nitrogens is 5. The smallest absolute Gasteiger partial charge is 0.262 e. The molecule has 1 aliphatic rings. The van der Waals surface area contributed by atoms with Gasteiger partial charge in [0, 0.05) is 5.92 Å². The maximum atomic E-state index is 12.9. The lowest BCUT2D eigenvalue weighted by Gasteiger charge is -2.12. The summed E-state index contributed by atoms with van der Waals surface area (Å²) in [6.45, 7) is 0.675. The number of rotatable bonds is 7. The monoisotopic (exact) mass is 428 g/mol. The molecule has 0 radical (unpaired) electrons. The normalized spacial score (nSPS) is 13.4. The zero-order valence-electron chi connectivity index (χ0n) is 16.8. The van der Waals surface area contributed by atoms with E-state index < -0.39 is 0 Å². The number of para-hydroxylation sites is 1. The molecule has 8 heteroatoms. The highest BCUT2D eigenvalue weighted by atomic mass is 32.2. The van der Waals surface area contributed by atoms with Gasteiger partial charge in [0.05, 0.1) is 29.3 Å². The topological polar surface area (TPSA) is 89.4 Å². The van der Waals surface area contributed by atoms with Gasteiger partial charge in [-0.05, 0) is 30.5 Å². The summed E-state index contributed by atoms with van der Waals surface area (Å²) in [7, 11) is 0. The van der Waals surface area contributed by atoms with Crippen molar-refractivity contribution in [3.8, 4) is 6.07 Å². The maximum absolute atomic E-state index is 12.9. The van der Waals surface area contributed by atoms with E-state index in [0.29, 0.717) is 34.9 Å². The fourth-order valence-electron chi connectivity index (χ4n) is 3.65. The molecule has 7 nitrogen and oxygen atoms in total. The molecule has 2 aromatic heterocycles. The van der Waals surface area contributed by atoms with Gasteiger partial charge in [0.25, 0.3) is 5.56 Å². The standard InChI is InChI=1S/C23H20N6OS/c24-12-13-28-20(25-19-9-5-4-8-18(19)22(28)30)15-31-23-27-26-21(17-10-11-17)29(23)14-16-6-2-1-3-7-16/h1-9,17H,10-11,13-15H2. The van der Waals surface area contributed by atoms with Crippen LogP contribution in [0.3, 0.4) is 0 Å². The fourth-order valence-corrected chi connectivity index (χ4v) is 4.54. The summed E-state index contributed by atoms with van der Waals surface area (Å²) in [5.74, 6) is 2.49. The molecule has 0 amide bonds. The third kappa shape index (κ3) is 3.97. The number of thioether (sulfide) groups is 1. The van der Waals surface area contributed by atoms with Crippen molar-refractivity contribution in [1.29, 1.82) is 5.26 Å². The summed E-state index contributed by atoms with van der Waals surface area (Å²) in [6, 6.07) is 19.6. The lowest BCUT2D eigenvalue weighted by molar-refractivity contribution is 0.666. The van der Waals surface area contributed by atoms with E-state index in [1.54, 1.807) is 6.07 Å². The highest BCUT2D eigenvalue weighted by Crippen LogP contribution is 2.40. The first-order valence-corrected chi connectivity index (χ1v) is 11.2. The van der Waals surface area contributed by atoms with Crippen molar-refractivity contribution < 1.29 is 0 Å². The molecular weight excluding hydrogens is 408 g/mol. The van der Waals surface area contributed by atoms with Crippen molar-refractivity contribution in [1.82, 2.24) is 24.3 Å². The summed E-state index contributed by atoms with van der Waals surface area (Å²) in [4.78, 5) is 17.6. The number of fused-ring (bicyclic) bond motifs is 1. The Morgan fingerprint density at radius 3 is 2.58 bits per heavy atom. The first-order valence-electron chi connectivity index (χ1n) is 10.2. The summed E-state index contributed by atoms with van der Waals surface area (Å²) >= 11 is 1.50. The first-order chi connectivity index (χ1) is 15.2. The number of hydrogen-bond acceptors (Lipinski definition) is 6. The second-order valence-electron chi connectivity index (χ2n) is 7.57. The Hall–Kier alpha value is -3.44. The zero-order chi connectivity index (χ0) is 21.2. The van der Waals surface area contributed by atoms with Crippen molar-refractivity contribution in [3.63, 3.8) is 0 Å². The highest BCUT2D eigenvalue weighted by Gasteiger charge is 2.30. The molecule has 2 aromatic carbocycles. The van der Waals surface area contributed by atoms with Crippen molar-refractivity contribution in [2.75, 3.05) is 0 Å². The lowest BCUT2D eigenvalue weighted by Crippen LogP contribution is -2.24. The molecule has 0 spiro atoms. The van der Waals surface area contributed by atoms with Crippen LogP contribution in [0.5, 0.6) is 0 Å². The Balaban J connectivity index is 1.48. The maximum Gasteiger partial charge on any atom is 0.262 e. The quantitative estimate of drug-likeness (QED) is 0.417. The van der Waals surface area contributed by atoms with Crippen LogP contribution in [0.4, 0.5) is 0 Å². The molecule has 0 unspecified atom stereocenters. The van der Waals surface area contributed by atoms with Crippen molar-refractivity contribution in [2.45, 2.75) is 42.8 Å². The van der Waals surface area contributed by atoms with Gasteiger partial charge in [-0.3, -0.25) is 9.36 Å². The van der Waals surface area contributed by atoms with Gasteiger partial charge in [0.1, 0.15) is 18.2 Å². The summed E-state index contributed by atoms with van der Waals surface area (Å²) < 4.78 is 3.63. The number of nitrogens with zero attached hydrogens (tertiary/aromatic N) is 6. The molecule has 154 valence electrons. The molecule has 0 N–H and O–H groups in total. The third-order valence-corrected chi connectivity index (χ3v) is 6.33. The van der Waals surface area contributed by atoms with Crippen LogP contribution in [0.25, 0.3) is 10.9 Å². The van der Waals surface area contributed by atoms with Crippen molar-refractivity contribution in [2.24, 2.45) is 0 Å². The summed E-state index contributed by atoms with van der Waals surface area (Å²) in [5.41, 5.74) is 1.64. The van der Waals surface area contributed by atoms with Gasteiger partial charge in [-0.1, -0.05) is 54.2 Å². The molecule has 2 heterocycles. The zero-order valence-corrected chi connectivity index (χ0v) is 17.6. The Bertz CT molecular complexity index is 1330. The molecule has 0 saturated heterocycles. The fraction of sp³-hybridized carbons (Fsp3) is 0.261. The minimum atomic E-state index is -0.188.